The minimum atomic E-state index is 0.269. The Labute approximate surface area is 178 Å². The molecule has 1 aliphatic rings. The number of aliphatic hydroxyl groups is 1. The highest BCUT2D eigenvalue weighted by Crippen LogP contribution is 2.38. The summed E-state index contributed by atoms with van der Waals surface area (Å²) in [4.78, 5) is 0. The van der Waals surface area contributed by atoms with Gasteiger partial charge in [0.1, 0.15) is 0 Å². The summed E-state index contributed by atoms with van der Waals surface area (Å²) in [6, 6.07) is 16.3. The predicted molar refractivity (Wildman–Crippen MR) is 126 cm³/mol. The van der Waals surface area contributed by atoms with Gasteiger partial charge in [-0.05, 0) is 84.6 Å². The molecule has 0 saturated heterocycles. The van der Waals surface area contributed by atoms with Crippen LogP contribution in [0.25, 0.3) is 11.1 Å². The van der Waals surface area contributed by atoms with Gasteiger partial charge >= 0.3 is 0 Å². The molecule has 2 aromatic carbocycles. The molecule has 1 aliphatic carbocycles. The first-order valence-corrected chi connectivity index (χ1v) is 12.1. The summed E-state index contributed by atoms with van der Waals surface area (Å²) in [6.07, 6.45) is 14.1. The van der Waals surface area contributed by atoms with E-state index >= 15 is 0 Å². The Hall–Kier alpha value is -1.60. The Morgan fingerprint density at radius 1 is 0.862 bits per heavy atom. The minimum absolute atomic E-state index is 0.269. The van der Waals surface area contributed by atoms with Gasteiger partial charge in [-0.2, -0.15) is 0 Å². The van der Waals surface area contributed by atoms with E-state index in [9.17, 15) is 0 Å². The molecule has 0 bridgehead atoms. The van der Waals surface area contributed by atoms with Gasteiger partial charge in [0.2, 0.25) is 0 Å². The summed E-state index contributed by atoms with van der Waals surface area (Å²) in [6.45, 7) is 4.81. The quantitative estimate of drug-likeness (QED) is 0.411. The van der Waals surface area contributed by atoms with Crippen LogP contribution in [0.3, 0.4) is 0 Å². The number of unbranched alkanes of at least 4 members (excludes halogenated alkanes) is 2. The Morgan fingerprint density at radius 2 is 1.62 bits per heavy atom. The van der Waals surface area contributed by atoms with Crippen molar-refractivity contribution in [3.05, 3.63) is 59.2 Å². The number of aryl methyl sites for hydroxylation is 2. The second-order valence-corrected chi connectivity index (χ2v) is 9.01. The molecule has 0 radical (unpaired) electrons. The standard InChI is InChI=1S/C28H40O/c1-3-5-6-8-22-10-13-25(14-11-22)26-15-17-27(18-16-26)28-19-12-23(9-7-20-29)21-24(28)4-2/h12,15-19,21-22,25,29H,3-11,13-14,20H2,1-2H3/t22-,25-. The summed E-state index contributed by atoms with van der Waals surface area (Å²) in [7, 11) is 0. The molecule has 1 saturated carbocycles. The Kier molecular flexibility index (Phi) is 8.80. The lowest BCUT2D eigenvalue weighted by Crippen LogP contribution is -2.13. The van der Waals surface area contributed by atoms with Gasteiger partial charge in [-0.1, -0.05) is 82.0 Å². The molecule has 2 aromatic rings. The maximum atomic E-state index is 9.08. The lowest BCUT2D eigenvalue weighted by atomic mass is 9.77. The molecule has 158 valence electrons. The predicted octanol–water partition coefficient (Wildman–Crippen LogP) is 7.70. The second-order valence-electron chi connectivity index (χ2n) is 9.01. The van der Waals surface area contributed by atoms with Crippen molar-refractivity contribution in [1.29, 1.82) is 0 Å². The topological polar surface area (TPSA) is 20.2 Å². The fourth-order valence-corrected chi connectivity index (χ4v) is 5.06. The van der Waals surface area contributed by atoms with E-state index < -0.39 is 0 Å². The number of hydrogen-bond donors (Lipinski definition) is 1. The molecule has 0 aliphatic heterocycles. The summed E-state index contributed by atoms with van der Waals surface area (Å²) in [5.74, 6) is 1.74. The number of hydrogen-bond acceptors (Lipinski definition) is 1. The SMILES string of the molecule is CCCCC[C@H]1CC[C@H](c2ccc(-c3ccc(CCCO)cc3CC)cc2)CC1. The van der Waals surface area contributed by atoms with Crippen LogP contribution in [0.15, 0.2) is 42.5 Å². The fraction of sp³-hybridized carbons (Fsp3) is 0.571. The molecular formula is C28H40O. The summed E-state index contributed by atoms with van der Waals surface area (Å²) < 4.78 is 0. The van der Waals surface area contributed by atoms with E-state index in [1.54, 1.807) is 5.56 Å². The highest BCUT2D eigenvalue weighted by atomic mass is 16.2. The first-order valence-electron chi connectivity index (χ1n) is 12.1. The lowest BCUT2D eigenvalue weighted by molar-refractivity contribution is 0.288. The van der Waals surface area contributed by atoms with Crippen LogP contribution in [0.4, 0.5) is 0 Å². The Morgan fingerprint density at radius 3 is 2.28 bits per heavy atom. The molecule has 1 fully saturated rings. The van der Waals surface area contributed by atoms with Crippen LogP contribution >= 0.6 is 0 Å². The largest absolute Gasteiger partial charge is 0.396 e. The van der Waals surface area contributed by atoms with Crippen LogP contribution < -0.4 is 0 Å². The minimum Gasteiger partial charge on any atom is -0.396 e. The van der Waals surface area contributed by atoms with E-state index in [0.717, 1.165) is 31.1 Å². The molecule has 3 rings (SSSR count). The normalized spacial score (nSPS) is 19.4. The zero-order valence-corrected chi connectivity index (χ0v) is 18.6. The Bertz CT molecular complexity index is 722. The lowest BCUT2D eigenvalue weighted by Gasteiger charge is -2.29. The van der Waals surface area contributed by atoms with Gasteiger partial charge in [0.25, 0.3) is 0 Å². The third kappa shape index (κ3) is 6.19. The van der Waals surface area contributed by atoms with Crippen LogP contribution in [-0.4, -0.2) is 11.7 Å². The van der Waals surface area contributed by atoms with Crippen molar-refractivity contribution in [3.8, 4) is 11.1 Å². The average Bonchev–Trinajstić information content (AvgIpc) is 2.78. The second kappa shape index (κ2) is 11.6. The van der Waals surface area contributed by atoms with Gasteiger partial charge in [0.15, 0.2) is 0 Å². The van der Waals surface area contributed by atoms with E-state index in [1.165, 1.54) is 73.6 Å². The van der Waals surface area contributed by atoms with Gasteiger partial charge < -0.3 is 5.11 Å². The van der Waals surface area contributed by atoms with Crippen LogP contribution in [0.1, 0.15) is 94.2 Å². The molecule has 0 spiro atoms. The molecule has 29 heavy (non-hydrogen) atoms. The van der Waals surface area contributed by atoms with Crippen LogP contribution in [0, 0.1) is 5.92 Å². The monoisotopic (exact) mass is 392 g/mol. The number of rotatable bonds is 10. The van der Waals surface area contributed by atoms with Crippen LogP contribution in [0.5, 0.6) is 0 Å². The third-order valence-corrected chi connectivity index (χ3v) is 6.93. The van der Waals surface area contributed by atoms with Crippen molar-refractivity contribution in [2.45, 2.75) is 90.4 Å². The highest BCUT2D eigenvalue weighted by Gasteiger charge is 2.22. The van der Waals surface area contributed by atoms with E-state index in [4.69, 9.17) is 5.11 Å². The Balaban J connectivity index is 1.62. The van der Waals surface area contributed by atoms with Gasteiger partial charge in [0.05, 0.1) is 0 Å². The number of aliphatic hydroxyl groups excluding tert-OH is 1. The number of benzene rings is 2. The van der Waals surface area contributed by atoms with Crippen LogP contribution in [-0.2, 0) is 12.8 Å². The average molecular weight is 393 g/mol. The molecule has 0 unspecified atom stereocenters. The van der Waals surface area contributed by atoms with Crippen molar-refractivity contribution in [3.63, 3.8) is 0 Å². The maximum Gasteiger partial charge on any atom is 0.0434 e. The van der Waals surface area contributed by atoms with E-state index in [1.807, 2.05) is 0 Å². The van der Waals surface area contributed by atoms with Crippen LogP contribution in [0.2, 0.25) is 0 Å². The summed E-state index contributed by atoms with van der Waals surface area (Å²) >= 11 is 0. The van der Waals surface area contributed by atoms with Crippen molar-refractivity contribution in [2.24, 2.45) is 5.92 Å². The smallest absolute Gasteiger partial charge is 0.0434 e. The molecule has 0 aromatic heterocycles. The van der Waals surface area contributed by atoms with Crippen molar-refractivity contribution >= 4 is 0 Å². The molecule has 0 amide bonds. The summed E-state index contributed by atoms with van der Waals surface area (Å²) in [5, 5.41) is 9.08. The van der Waals surface area contributed by atoms with Crippen molar-refractivity contribution in [2.75, 3.05) is 6.61 Å². The van der Waals surface area contributed by atoms with Crippen molar-refractivity contribution < 1.29 is 5.11 Å². The van der Waals surface area contributed by atoms with Gasteiger partial charge in [-0.25, -0.2) is 0 Å². The van der Waals surface area contributed by atoms with E-state index in [0.29, 0.717) is 0 Å². The molecule has 1 N–H and O–H groups in total. The summed E-state index contributed by atoms with van der Waals surface area (Å²) in [5.41, 5.74) is 7.00. The van der Waals surface area contributed by atoms with E-state index in [2.05, 4.69) is 56.3 Å². The molecule has 1 nitrogen and oxygen atoms in total. The molecular weight excluding hydrogens is 352 g/mol. The zero-order chi connectivity index (χ0) is 20.5. The van der Waals surface area contributed by atoms with E-state index in [-0.39, 0.29) is 6.61 Å². The zero-order valence-electron chi connectivity index (χ0n) is 18.6. The molecule has 0 heterocycles. The van der Waals surface area contributed by atoms with Crippen molar-refractivity contribution in [1.82, 2.24) is 0 Å². The first-order chi connectivity index (χ1) is 14.2. The maximum absolute atomic E-state index is 9.08. The highest BCUT2D eigenvalue weighted by molar-refractivity contribution is 5.68. The van der Waals surface area contributed by atoms with Gasteiger partial charge in [0, 0.05) is 6.61 Å². The van der Waals surface area contributed by atoms with Gasteiger partial charge in [-0.15, -0.1) is 0 Å². The molecule has 1 heteroatoms. The van der Waals surface area contributed by atoms with Gasteiger partial charge in [-0.3, -0.25) is 0 Å². The fourth-order valence-electron chi connectivity index (χ4n) is 5.06. The third-order valence-electron chi connectivity index (χ3n) is 6.93. The molecule has 0 atom stereocenters. The first kappa shape index (κ1) is 22.1.